The van der Waals surface area contributed by atoms with Gasteiger partial charge in [0.25, 0.3) is 5.91 Å². The Bertz CT molecular complexity index is 819. The molecule has 0 radical (unpaired) electrons. The number of carbonyl (C=O) groups excluding carboxylic acids is 3. The molecule has 3 amide bonds. The van der Waals surface area contributed by atoms with Gasteiger partial charge in [0.1, 0.15) is 17.4 Å². The molecule has 0 aromatic heterocycles. The van der Waals surface area contributed by atoms with E-state index in [4.69, 9.17) is 9.47 Å². The summed E-state index contributed by atoms with van der Waals surface area (Å²) < 4.78 is 11.2. The van der Waals surface area contributed by atoms with Crippen molar-refractivity contribution in [2.45, 2.75) is 18.9 Å². The molecule has 2 N–H and O–H groups in total. The summed E-state index contributed by atoms with van der Waals surface area (Å²) >= 11 is 0. The molecule has 1 aliphatic heterocycles. The van der Waals surface area contributed by atoms with Crippen LogP contribution in [-0.2, 0) is 14.3 Å². The third-order valence-corrected chi connectivity index (χ3v) is 4.04. The topological polar surface area (TPSA) is 93.7 Å². The van der Waals surface area contributed by atoms with Gasteiger partial charge in [-0.25, -0.2) is 4.79 Å². The summed E-state index contributed by atoms with van der Waals surface area (Å²) in [7, 11) is 1.38. The van der Waals surface area contributed by atoms with Crippen LogP contribution in [0.4, 0.5) is 4.79 Å². The van der Waals surface area contributed by atoms with Gasteiger partial charge < -0.3 is 14.8 Å². The second kappa shape index (κ2) is 7.26. The molecule has 0 fully saturated rings. The largest absolute Gasteiger partial charge is 0.457 e. The number of para-hydroxylation sites is 2. The predicted octanol–water partition coefficient (Wildman–Crippen LogP) is 2.31. The molecular formula is C19H18N2O5. The molecule has 26 heavy (non-hydrogen) atoms. The van der Waals surface area contributed by atoms with Gasteiger partial charge in [0, 0.05) is 18.2 Å². The minimum atomic E-state index is -1.12. The number of carbonyl (C=O) groups is 3. The highest BCUT2D eigenvalue weighted by Gasteiger charge is 2.35. The number of hydrogen-bond donors (Lipinski definition) is 2. The summed E-state index contributed by atoms with van der Waals surface area (Å²) in [5.41, 5.74) is 1.32. The number of urea groups is 1. The zero-order valence-corrected chi connectivity index (χ0v) is 14.3. The summed E-state index contributed by atoms with van der Waals surface area (Å²) in [6, 6.07) is 13.7. The first-order valence-corrected chi connectivity index (χ1v) is 8.10. The van der Waals surface area contributed by atoms with Gasteiger partial charge in [-0.1, -0.05) is 36.4 Å². The third kappa shape index (κ3) is 3.37. The molecule has 1 atom stereocenters. The zero-order valence-electron chi connectivity index (χ0n) is 14.3. The van der Waals surface area contributed by atoms with Gasteiger partial charge in [-0.15, -0.1) is 0 Å². The van der Waals surface area contributed by atoms with Crippen LogP contribution in [0.15, 0.2) is 48.5 Å². The highest BCUT2D eigenvalue weighted by Crippen LogP contribution is 2.44. The van der Waals surface area contributed by atoms with E-state index in [1.54, 1.807) is 36.4 Å². The van der Waals surface area contributed by atoms with Crippen molar-refractivity contribution in [3.63, 3.8) is 0 Å². The summed E-state index contributed by atoms with van der Waals surface area (Å²) in [5, 5.41) is 4.35. The van der Waals surface area contributed by atoms with Crippen LogP contribution >= 0.6 is 0 Å². The van der Waals surface area contributed by atoms with E-state index in [2.05, 4.69) is 10.6 Å². The number of fused-ring (bicyclic) bond motifs is 2. The molecule has 0 aliphatic carbocycles. The summed E-state index contributed by atoms with van der Waals surface area (Å²) in [5.74, 6) is -0.878. The van der Waals surface area contributed by atoms with E-state index in [-0.39, 0.29) is 0 Å². The maximum atomic E-state index is 12.8. The van der Waals surface area contributed by atoms with Crippen LogP contribution in [0, 0.1) is 0 Å². The number of rotatable bonds is 3. The van der Waals surface area contributed by atoms with E-state index < -0.39 is 29.9 Å². The Morgan fingerprint density at radius 3 is 2.08 bits per heavy atom. The standard InChI is InChI=1S/C19H18N2O5/c1-11(17(22)21-19(24)20-2)25-18(23)16-12-7-3-5-9-14(12)26-15-10-6-4-8-13(15)16/h3-11,16H,1-2H3,(H2,20,21,22,24)/t11-/m1/s1. The minimum absolute atomic E-state index is 0.565. The lowest BCUT2D eigenvalue weighted by Gasteiger charge is -2.27. The van der Waals surface area contributed by atoms with E-state index in [9.17, 15) is 14.4 Å². The molecule has 0 bridgehead atoms. The van der Waals surface area contributed by atoms with Gasteiger partial charge in [0.05, 0.1) is 0 Å². The van der Waals surface area contributed by atoms with E-state index in [0.717, 1.165) is 0 Å². The van der Waals surface area contributed by atoms with Crippen molar-refractivity contribution in [3.8, 4) is 11.5 Å². The van der Waals surface area contributed by atoms with Crippen LogP contribution in [0.1, 0.15) is 24.0 Å². The van der Waals surface area contributed by atoms with Crippen LogP contribution in [0.25, 0.3) is 0 Å². The number of esters is 1. The molecule has 0 unspecified atom stereocenters. The summed E-state index contributed by atoms with van der Waals surface area (Å²) in [6.07, 6.45) is -1.12. The Balaban J connectivity index is 1.85. The number of benzene rings is 2. The number of hydrogen-bond acceptors (Lipinski definition) is 5. The fourth-order valence-electron chi connectivity index (χ4n) is 2.74. The summed E-state index contributed by atoms with van der Waals surface area (Å²) in [6.45, 7) is 1.41. The van der Waals surface area contributed by atoms with Crippen molar-refractivity contribution in [2.75, 3.05) is 7.05 Å². The Morgan fingerprint density at radius 2 is 1.54 bits per heavy atom. The quantitative estimate of drug-likeness (QED) is 0.825. The highest BCUT2D eigenvalue weighted by atomic mass is 16.5. The minimum Gasteiger partial charge on any atom is -0.457 e. The maximum Gasteiger partial charge on any atom is 0.321 e. The van der Waals surface area contributed by atoms with Crippen LogP contribution < -0.4 is 15.4 Å². The maximum absolute atomic E-state index is 12.8. The lowest BCUT2D eigenvalue weighted by Crippen LogP contribution is -2.44. The van der Waals surface area contributed by atoms with Gasteiger partial charge in [-0.2, -0.15) is 0 Å². The first-order chi connectivity index (χ1) is 12.5. The lowest BCUT2D eigenvalue weighted by molar-refractivity contribution is -0.155. The lowest BCUT2D eigenvalue weighted by atomic mass is 9.88. The predicted molar refractivity (Wildman–Crippen MR) is 93.0 cm³/mol. The van der Waals surface area contributed by atoms with E-state index in [1.807, 2.05) is 12.1 Å². The second-order valence-corrected chi connectivity index (χ2v) is 5.76. The molecule has 134 valence electrons. The normalized spacial score (nSPS) is 13.5. The zero-order chi connectivity index (χ0) is 18.7. The first-order valence-electron chi connectivity index (χ1n) is 8.10. The van der Waals surface area contributed by atoms with Crippen molar-refractivity contribution >= 4 is 17.9 Å². The van der Waals surface area contributed by atoms with Gasteiger partial charge in [0.2, 0.25) is 0 Å². The van der Waals surface area contributed by atoms with Crippen LogP contribution in [0.2, 0.25) is 0 Å². The molecule has 1 aliphatic rings. The molecular weight excluding hydrogens is 336 g/mol. The average Bonchev–Trinajstić information content (AvgIpc) is 2.65. The van der Waals surface area contributed by atoms with Crippen molar-refractivity contribution in [1.29, 1.82) is 0 Å². The first kappa shape index (κ1) is 17.5. The number of imide groups is 1. The second-order valence-electron chi connectivity index (χ2n) is 5.76. The Hall–Kier alpha value is -3.35. The molecule has 1 heterocycles. The monoisotopic (exact) mass is 354 g/mol. The van der Waals surface area contributed by atoms with Gasteiger partial charge in [-0.05, 0) is 19.1 Å². The molecule has 3 rings (SSSR count). The van der Waals surface area contributed by atoms with E-state index >= 15 is 0 Å². The number of ether oxygens (including phenoxy) is 2. The van der Waals surface area contributed by atoms with E-state index in [0.29, 0.717) is 22.6 Å². The smallest absolute Gasteiger partial charge is 0.321 e. The molecule has 7 nitrogen and oxygen atoms in total. The van der Waals surface area contributed by atoms with Crippen molar-refractivity contribution in [3.05, 3.63) is 59.7 Å². The fourth-order valence-corrected chi connectivity index (χ4v) is 2.74. The third-order valence-electron chi connectivity index (χ3n) is 4.04. The molecule has 7 heteroatoms. The van der Waals surface area contributed by atoms with E-state index in [1.165, 1.54) is 14.0 Å². The summed E-state index contributed by atoms with van der Waals surface area (Å²) in [4.78, 5) is 36.0. The molecule has 0 spiro atoms. The number of amides is 3. The van der Waals surface area contributed by atoms with Crippen LogP contribution in [0.5, 0.6) is 11.5 Å². The molecule has 0 saturated heterocycles. The average molecular weight is 354 g/mol. The van der Waals surface area contributed by atoms with Crippen molar-refractivity contribution in [1.82, 2.24) is 10.6 Å². The Morgan fingerprint density at radius 1 is 1.00 bits per heavy atom. The number of nitrogens with one attached hydrogen (secondary N) is 2. The van der Waals surface area contributed by atoms with Gasteiger partial charge in [-0.3, -0.25) is 14.9 Å². The highest BCUT2D eigenvalue weighted by molar-refractivity contribution is 5.97. The van der Waals surface area contributed by atoms with Crippen LogP contribution in [0.3, 0.4) is 0 Å². The fraction of sp³-hybridized carbons (Fsp3) is 0.211. The Kier molecular flexibility index (Phi) is 4.88. The van der Waals surface area contributed by atoms with Gasteiger partial charge >= 0.3 is 12.0 Å². The molecule has 2 aromatic carbocycles. The Labute approximate surface area is 150 Å². The van der Waals surface area contributed by atoms with Crippen molar-refractivity contribution in [2.24, 2.45) is 0 Å². The molecule has 0 saturated carbocycles. The molecule has 2 aromatic rings. The van der Waals surface area contributed by atoms with Gasteiger partial charge in [0.15, 0.2) is 6.10 Å². The van der Waals surface area contributed by atoms with Crippen molar-refractivity contribution < 1.29 is 23.9 Å². The van der Waals surface area contributed by atoms with Crippen LogP contribution in [-0.4, -0.2) is 31.1 Å². The SMILES string of the molecule is CNC(=O)NC(=O)[C@@H](C)OC(=O)C1c2ccccc2Oc2ccccc21.